The largest absolute Gasteiger partial charge is 0.384 e. The molecule has 3 heteroatoms. The molecule has 0 spiro atoms. The molecule has 1 unspecified atom stereocenters. The molecular formula is C14H21N3. The molecule has 0 aromatic heterocycles. The van der Waals surface area contributed by atoms with Gasteiger partial charge in [-0.1, -0.05) is 19.1 Å². The number of hydrogen-bond donors (Lipinski definition) is 2. The molecule has 0 radical (unpaired) electrons. The number of aryl methyl sites for hydroxylation is 1. The Bertz CT molecular complexity index is 425. The quantitative estimate of drug-likeness (QED) is 0.620. The van der Waals surface area contributed by atoms with Crippen molar-refractivity contribution in [2.75, 3.05) is 11.4 Å². The van der Waals surface area contributed by atoms with Gasteiger partial charge in [0.15, 0.2) is 0 Å². The number of nitrogens with zero attached hydrogens (tertiary/aromatic N) is 1. The Balaban J connectivity index is 2.46. The zero-order chi connectivity index (χ0) is 12.4. The molecule has 2 rings (SSSR count). The van der Waals surface area contributed by atoms with E-state index in [9.17, 15) is 0 Å². The van der Waals surface area contributed by atoms with Gasteiger partial charge in [0.05, 0.1) is 5.69 Å². The molecule has 0 saturated carbocycles. The van der Waals surface area contributed by atoms with Crippen molar-refractivity contribution in [3.8, 4) is 0 Å². The van der Waals surface area contributed by atoms with E-state index in [0.29, 0.717) is 6.04 Å². The number of para-hydroxylation sites is 1. The van der Waals surface area contributed by atoms with Crippen LogP contribution in [0.4, 0.5) is 5.69 Å². The van der Waals surface area contributed by atoms with Crippen LogP contribution in [0.2, 0.25) is 0 Å². The SMILES string of the molecule is CCC1CCCN1c1c(C)cccc1C(=N)N. The molecule has 1 atom stereocenters. The molecule has 1 fully saturated rings. The van der Waals surface area contributed by atoms with Gasteiger partial charge < -0.3 is 10.6 Å². The number of nitrogens with one attached hydrogen (secondary N) is 1. The molecule has 1 heterocycles. The van der Waals surface area contributed by atoms with Gasteiger partial charge in [0.25, 0.3) is 0 Å². The van der Waals surface area contributed by atoms with Crippen LogP contribution in [0.1, 0.15) is 37.3 Å². The van der Waals surface area contributed by atoms with E-state index in [4.69, 9.17) is 11.1 Å². The summed E-state index contributed by atoms with van der Waals surface area (Å²) in [7, 11) is 0. The van der Waals surface area contributed by atoms with Crippen LogP contribution in [-0.2, 0) is 0 Å². The Morgan fingerprint density at radius 1 is 1.53 bits per heavy atom. The highest BCUT2D eigenvalue weighted by molar-refractivity contribution is 6.01. The van der Waals surface area contributed by atoms with Gasteiger partial charge >= 0.3 is 0 Å². The molecule has 1 aliphatic rings. The molecule has 0 aliphatic carbocycles. The number of anilines is 1. The minimum absolute atomic E-state index is 0.172. The van der Waals surface area contributed by atoms with Crippen molar-refractivity contribution in [3.05, 3.63) is 29.3 Å². The van der Waals surface area contributed by atoms with Crippen LogP contribution in [0.25, 0.3) is 0 Å². The smallest absolute Gasteiger partial charge is 0.124 e. The fourth-order valence-electron chi connectivity index (χ4n) is 2.81. The van der Waals surface area contributed by atoms with Gasteiger partial charge in [-0.15, -0.1) is 0 Å². The van der Waals surface area contributed by atoms with Gasteiger partial charge in [0.1, 0.15) is 5.84 Å². The molecule has 0 bridgehead atoms. The third-order valence-corrected chi connectivity index (χ3v) is 3.66. The first-order chi connectivity index (χ1) is 8.15. The predicted molar refractivity (Wildman–Crippen MR) is 72.9 cm³/mol. The topological polar surface area (TPSA) is 53.1 Å². The van der Waals surface area contributed by atoms with E-state index >= 15 is 0 Å². The number of nitrogen functional groups attached to an aromatic ring is 1. The Kier molecular flexibility index (Phi) is 3.36. The average molecular weight is 231 g/mol. The van der Waals surface area contributed by atoms with Gasteiger partial charge in [0.2, 0.25) is 0 Å². The van der Waals surface area contributed by atoms with Gasteiger partial charge in [0, 0.05) is 18.2 Å². The van der Waals surface area contributed by atoms with Crippen molar-refractivity contribution in [2.24, 2.45) is 5.73 Å². The third kappa shape index (κ3) is 2.14. The Hall–Kier alpha value is -1.51. The second-order valence-electron chi connectivity index (χ2n) is 4.78. The fourth-order valence-corrected chi connectivity index (χ4v) is 2.81. The van der Waals surface area contributed by atoms with Crippen molar-refractivity contribution >= 4 is 11.5 Å². The zero-order valence-electron chi connectivity index (χ0n) is 10.7. The highest BCUT2D eigenvalue weighted by Crippen LogP contribution is 2.32. The van der Waals surface area contributed by atoms with Crippen LogP contribution in [0.3, 0.4) is 0 Å². The van der Waals surface area contributed by atoms with Gasteiger partial charge in [-0.25, -0.2) is 0 Å². The standard InChI is InChI=1S/C14H21N3/c1-3-11-7-5-9-17(11)13-10(2)6-4-8-12(13)14(15)16/h4,6,8,11H,3,5,7,9H2,1-2H3,(H3,15,16). The summed E-state index contributed by atoms with van der Waals surface area (Å²) in [6.45, 7) is 5.42. The molecule has 92 valence electrons. The summed E-state index contributed by atoms with van der Waals surface area (Å²) in [5, 5.41) is 7.71. The summed E-state index contributed by atoms with van der Waals surface area (Å²) in [4.78, 5) is 2.44. The molecule has 3 N–H and O–H groups in total. The lowest BCUT2D eigenvalue weighted by molar-refractivity contribution is 0.644. The van der Waals surface area contributed by atoms with Crippen molar-refractivity contribution in [1.29, 1.82) is 5.41 Å². The molecule has 1 aromatic rings. The highest BCUT2D eigenvalue weighted by Gasteiger charge is 2.26. The third-order valence-electron chi connectivity index (χ3n) is 3.66. The Labute approximate surface area is 103 Å². The summed E-state index contributed by atoms with van der Waals surface area (Å²) in [6.07, 6.45) is 3.65. The lowest BCUT2D eigenvalue weighted by atomic mass is 10.0. The van der Waals surface area contributed by atoms with Gasteiger partial charge in [-0.2, -0.15) is 0 Å². The van der Waals surface area contributed by atoms with Crippen LogP contribution in [0, 0.1) is 12.3 Å². The summed E-state index contributed by atoms with van der Waals surface area (Å²) in [5.74, 6) is 0.172. The van der Waals surface area contributed by atoms with Crippen LogP contribution in [-0.4, -0.2) is 18.4 Å². The van der Waals surface area contributed by atoms with E-state index < -0.39 is 0 Å². The van der Waals surface area contributed by atoms with Crippen LogP contribution >= 0.6 is 0 Å². The molecule has 17 heavy (non-hydrogen) atoms. The molecule has 1 aromatic carbocycles. The van der Waals surface area contributed by atoms with E-state index in [1.165, 1.54) is 24.1 Å². The number of nitrogens with two attached hydrogens (primary N) is 1. The van der Waals surface area contributed by atoms with E-state index in [-0.39, 0.29) is 5.84 Å². The van der Waals surface area contributed by atoms with Crippen molar-refractivity contribution in [2.45, 2.75) is 39.2 Å². The molecular weight excluding hydrogens is 210 g/mol. The lowest BCUT2D eigenvalue weighted by Crippen LogP contribution is -2.31. The van der Waals surface area contributed by atoms with E-state index in [0.717, 1.165) is 18.5 Å². The minimum atomic E-state index is 0.172. The Morgan fingerprint density at radius 3 is 2.94 bits per heavy atom. The van der Waals surface area contributed by atoms with Crippen molar-refractivity contribution in [1.82, 2.24) is 0 Å². The summed E-state index contributed by atoms with van der Waals surface area (Å²) < 4.78 is 0. The summed E-state index contributed by atoms with van der Waals surface area (Å²) in [5.41, 5.74) is 8.97. The van der Waals surface area contributed by atoms with Crippen LogP contribution in [0.5, 0.6) is 0 Å². The van der Waals surface area contributed by atoms with Gasteiger partial charge in [-0.3, -0.25) is 5.41 Å². The highest BCUT2D eigenvalue weighted by atomic mass is 15.2. The lowest BCUT2D eigenvalue weighted by Gasteiger charge is -2.29. The first-order valence-electron chi connectivity index (χ1n) is 6.35. The molecule has 3 nitrogen and oxygen atoms in total. The fraction of sp³-hybridized carbons (Fsp3) is 0.500. The predicted octanol–water partition coefficient (Wildman–Crippen LogP) is 2.66. The second-order valence-corrected chi connectivity index (χ2v) is 4.78. The van der Waals surface area contributed by atoms with Crippen molar-refractivity contribution in [3.63, 3.8) is 0 Å². The summed E-state index contributed by atoms with van der Waals surface area (Å²) in [6, 6.07) is 6.64. The Morgan fingerprint density at radius 2 is 2.29 bits per heavy atom. The normalized spacial score (nSPS) is 19.6. The first kappa shape index (κ1) is 12.0. The molecule has 1 aliphatic heterocycles. The van der Waals surface area contributed by atoms with Crippen LogP contribution in [0.15, 0.2) is 18.2 Å². The minimum Gasteiger partial charge on any atom is -0.384 e. The number of amidine groups is 1. The van der Waals surface area contributed by atoms with Crippen molar-refractivity contribution < 1.29 is 0 Å². The first-order valence-corrected chi connectivity index (χ1v) is 6.35. The average Bonchev–Trinajstić information content (AvgIpc) is 2.76. The van der Waals surface area contributed by atoms with Crippen LogP contribution < -0.4 is 10.6 Å². The van der Waals surface area contributed by atoms with Gasteiger partial charge in [-0.05, 0) is 37.8 Å². The maximum absolute atomic E-state index is 7.71. The van der Waals surface area contributed by atoms with E-state index in [2.05, 4.69) is 24.8 Å². The summed E-state index contributed by atoms with van der Waals surface area (Å²) >= 11 is 0. The molecule has 1 saturated heterocycles. The van der Waals surface area contributed by atoms with E-state index in [1.807, 2.05) is 12.1 Å². The number of benzene rings is 1. The second kappa shape index (κ2) is 4.78. The maximum atomic E-state index is 7.71. The maximum Gasteiger partial charge on any atom is 0.124 e. The number of hydrogen-bond acceptors (Lipinski definition) is 2. The number of rotatable bonds is 3. The zero-order valence-corrected chi connectivity index (χ0v) is 10.7. The molecule has 0 amide bonds. The monoisotopic (exact) mass is 231 g/mol. The van der Waals surface area contributed by atoms with E-state index in [1.54, 1.807) is 0 Å².